The fraction of sp³-hybridized carbons (Fsp3) is 0.417. The first kappa shape index (κ1) is 20.1. The summed E-state index contributed by atoms with van der Waals surface area (Å²) in [5, 5.41) is 6.02. The van der Waals surface area contributed by atoms with E-state index < -0.39 is 6.04 Å². The van der Waals surface area contributed by atoms with E-state index in [0.717, 1.165) is 24.8 Å². The first-order valence-corrected chi connectivity index (χ1v) is 10.2. The molecule has 0 saturated carbocycles. The second-order valence-electron chi connectivity index (χ2n) is 8.04. The van der Waals surface area contributed by atoms with Gasteiger partial charge in [-0.1, -0.05) is 56.3 Å². The fourth-order valence-electron chi connectivity index (χ4n) is 3.98. The second-order valence-corrected chi connectivity index (χ2v) is 8.04. The zero-order chi connectivity index (χ0) is 20.1. The van der Waals surface area contributed by atoms with Gasteiger partial charge in [-0.2, -0.15) is 0 Å². The van der Waals surface area contributed by atoms with Crippen molar-refractivity contribution in [3.63, 3.8) is 0 Å². The Bertz CT molecular complexity index is 844. The number of benzene rings is 2. The normalized spacial score (nSPS) is 16.9. The van der Waals surface area contributed by atoms with E-state index in [4.69, 9.17) is 0 Å². The van der Waals surface area contributed by atoms with Gasteiger partial charge in [0.1, 0.15) is 6.04 Å². The molecule has 0 aromatic heterocycles. The van der Waals surface area contributed by atoms with Crippen LogP contribution in [0, 0.1) is 12.8 Å². The van der Waals surface area contributed by atoms with E-state index in [1.807, 2.05) is 39.0 Å². The molecule has 3 rings (SSSR count). The van der Waals surface area contributed by atoms with Crippen LogP contribution in [0.3, 0.4) is 0 Å². The van der Waals surface area contributed by atoms with Gasteiger partial charge in [0.25, 0.3) is 5.91 Å². The molecule has 4 nitrogen and oxygen atoms in total. The monoisotopic (exact) mass is 378 g/mol. The molecule has 0 bridgehead atoms. The Morgan fingerprint density at radius 3 is 2.54 bits per heavy atom. The Hall–Kier alpha value is -2.62. The van der Waals surface area contributed by atoms with E-state index in [0.29, 0.717) is 18.0 Å². The van der Waals surface area contributed by atoms with Gasteiger partial charge in [-0.25, -0.2) is 0 Å². The predicted octanol–water partition coefficient (Wildman–Crippen LogP) is 3.99. The SMILES string of the molecule is Cc1ccccc1C(=O)NC(C(=O)NCC1CCCc2ccccc21)C(C)C. The summed E-state index contributed by atoms with van der Waals surface area (Å²) in [6.07, 6.45) is 3.34. The van der Waals surface area contributed by atoms with Crippen molar-refractivity contribution in [1.82, 2.24) is 10.6 Å². The third kappa shape index (κ3) is 4.61. The van der Waals surface area contributed by atoms with Crippen molar-refractivity contribution in [1.29, 1.82) is 0 Å². The highest BCUT2D eigenvalue weighted by Gasteiger charge is 2.27. The summed E-state index contributed by atoms with van der Waals surface area (Å²) in [4.78, 5) is 25.5. The van der Waals surface area contributed by atoms with Gasteiger partial charge in [-0.05, 0) is 54.9 Å². The number of carbonyl (C=O) groups excluding carboxylic acids is 2. The molecule has 0 spiro atoms. The molecule has 2 aromatic rings. The number of aryl methyl sites for hydroxylation is 2. The highest BCUT2D eigenvalue weighted by molar-refractivity contribution is 5.98. The Morgan fingerprint density at radius 1 is 1.07 bits per heavy atom. The van der Waals surface area contributed by atoms with E-state index in [2.05, 4.69) is 34.9 Å². The third-order valence-electron chi connectivity index (χ3n) is 5.64. The maximum Gasteiger partial charge on any atom is 0.252 e. The fourth-order valence-corrected chi connectivity index (χ4v) is 3.98. The minimum absolute atomic E-state index is 0.00612. The van der Waals surface area contributed by atoms with Crippen LogP contribution in [-0.2, 0) is 11.2 Å². The largest absolute Gasteiger partial charge is 0.354 e. The molecule has 2 N–H and O–H groups in total. The van der Waals surface area contributed by atoms with Crippen LogP contribution in [0.15, 0.2) is 48.5 Å². The zero-order valence-corrected chi connectivity index (χ0v) is 17.0. The van der Waals surface area contributed by atoms with E-state index in [1.54, 1.807) is 6.07 Å². The first-order valence-electron chi connectivity index (χ1n) is 10.2. The van der Waals surface area contributed by atoms with Crippen LogP contribution in [0.4, 0.5) is 0 Å². The van der Waals surface area contributed by atoms with Crippen molar-refractivity contribution in [3.8, 4) is 0 Å². The summed E-state index contributed by atoms with van der Waals surface area (Å²) >= 11 is 0. The van der Waals surface area contributed by atoms with Crippen LogP contribution >= 0.6 is 0 Å². The number of amides is 2. The van der Waals surface area contributed by atoms with Crippen molar-refractivity contribution < 1.29 is 9.59 Å². The van der Waals surface area contributed by atoms with E-state index in [9.17, 15) is 9.59 Å². The summed E-state index contributed by atoms with van der Waals surface area (Å²) < 4.78 is 0. The van der Waals surface area contributed by atoms with Gasteiger partial charge < -0.3 is 10.6 Å². The third-order valence-corrected chi connectivity index (χ3v) is 5.64. The number of hydrogen-bond acceptors (Lipinski definition) is 2. The Kier molecular flexibility index (Phi) is 6.50. The number of fused-ring (bicyclic) bond motifs is 1. The van der Waals surface area contributed by atoms with Gasteiger partial charge in [0, 0.05) is 18.0 Å². The van der Waals surface area contributed by atoms with Crippen molar-refractivity contribution >= 4 is 11.8 Å². The van der Waals surface area contributed by atoms with Crippen molar-refractivity contribution in [2.45, 2.75) is 52.0 Å². The summed E-state index contributed by atoms with van der Waals surface area (Å²) in [6.45, 7) is 6.43. The summed E-state index contributed by atoms with van der Waals surface area (Å²) in [5.74, 6) is 0.0374. The van der Waals surface area contributed by atoms with Gasteiger partial charge in [-0.15, -0.1) is 0 Å². The topological polar surface area (TPSA) is 58.2 Å². The van der Waals surface area contributed by atoms with Gasteiger partial charge in [0.15, 0.2) is 0 Å². The highest BCUT2D eigenvalue weighted by atomic mass is 16.2. The average Bonchev–Trinajstić information content (AvgIpc) is 2.70. The predicted molar refractivity (Wildman–Crippen MR) is 112 cm³/mol. The molecule has 1 aliphatic rings. The van der Waals surface area contributed by atoms with Crippen LogP contribution in [0.1, 0.15) is 59.7 Å². The summed E-state index contributed by atoms with van der Waals surface area (Å²) in [6, 6.07) is 15.4. The van der Waals surface area contributed by atoms with E-state index in [1.165, 1.54) is 11.1 Å². The second kappa shape index (κ2) is 9.05. The lowest BCUT2D eigenvalue weighted by Crippen LogP contribution is -2.50. The zero-order valence-electron chi connectivity index (χ0n) is 17.0. The number of nitrogens with one attached hydrogen (secondary N) is 2. The number of hydrogen-bond donors (Lipinski definition) is 2. The minimum atomic E-state index is -0.550. The molecular formula is C24H30N2O2. The van der Waals surface area contributed by atoms with Crippen LogP contribution in [-0.4, -0.2) is 24.4 Å². The Labute approximate surface area is 167 Å². The minimum Gasteiger partial charge on any atom is -0.354 e. The lowest BCUT2D eigenvalue weighted by Gasteiger charge is -2.27. The maximum absolute atomic E-state index is 12.9. The smallest absolute Gasteiger partial charge is 0.252 e. The summed E-state index contributed by atoms with van der Waals surface area (Å²) in [7, 11) is 0. The molecule has 2 unspecified atom stereocenters. The molecule has 0 aliphatic heterocycles. The van der Waals surface area contributed by atoms with Gasteiger partial charge >= 0.3 is 0 Å². The Morgan fingerprint density at radius 2 is 1.79 bits per heavy atom. The molecule has 1 aliphatic carbocycles. The van der Waals surface area contributed by atoms with Crippen LogP contribution in [0.2, 0.25) is 0 Å². The van der Waals surface area contributed by atoms with Crippen LogP contribution in [0.5, 0.6) is 0 Å². The van der Waals surface area contributed by atoms with Crippen LogP contribution in [0.25, 0.3) is 0 Å². The quantitative estimate of drug-likeness (QED) is 0.799. The molecule has 0 saturated heterocycles. The standard InChI is InChI=1S/C24H30N2O2/c1-16(2)22(26-23(27)20-13-6-4-9-17(20)3)24(28)25-15-19-12-8-11-18-10-5-7-14-21(18)19/h4-7,9-10,13-14,16,19,22H,8,11-12,15H2,1-3H3,(H,25,28)(H,26,27). The highest BCUT2D eigenvalue weighted by Crippen LogP contribution is 2.30. The van der Waals surface area contributed by atoms with Gasteiger partial charge in [0.05, 0.1) is 0 Å². The van der Waals surface area contributed by atoms with Gasteiger partial charge in [0.2, 0.25) is 5.91 Å². The number of rotatable bonds is 6. The lowest BCUT2D eigenvalue weighted by atomic mass is 9.83. The molecule has 2 aromatic carbocycles. The van der Waals surface area contributed by atoms with E-state index >= 15 is 0 Å². The Balaban J connectivity index is 1.64. The first-order chi connectivity index (χ1) is 13.5. The lowest BCUT2D eigenvalue weighted by molar-refractivity contribution is -0.124. The molecule has 0 fully saturated rings. The maximum atomic E-state index is 12.9. The van der Waals surface area contributed by atoms with Gasteiger partial charge in [-0.3, -0.25) is 9.59 Å². The molecule has 148 valence electrons. The molecule has 4 heteroatoms. The molecule has 28 heavy (non-hydrogen) atoms. The van der Waals surface area contributed by atoms with Crippen LogP contribution < -0.4 is 10.6 Å². The number of carbonyl (C=O) groups is 2. The van der Waals surface area contributed by atoms with E-state index in [-0.39, 0.29) is 17.7 Å². The molecular weight excluding hydrogens is 348 g/mol. The summed E-state index contributed by atoms with van der Waals surface area (Å²) in [5.41, 5.74) is 4.25. The van der Waals surface area contributed by atoms with Crippen molar-refractivity contribution in [3.05, 3.63) is 70.8 Å². The molecule has 2 amide bonds. The van der Waals surface area contributed by atoms with Crippen molar-refractivity contribution in [2.75, 3.05) is 6.54 Å². The average molecular weight is 379 g/mol. The molecule has 2 atom stereocenters. The van der Waals surface area contributed by atoms with Crippen molar-refractivity contribution in [2.24, 2.45) is 5.92 Å². The molecule has 0 radical (unpaired) electrons. The molecule has 0 heterocycles.